The van der Waals surface area contributed by atoms with Crippen molar-refractivity contribution in [1.82, 2.24) is 10.3 Å². The quantitative estimate of drug-likeness (QED) is 0.931. The van der Waals surface area contributed by atoms with Crippen molar-refractivity contribution in [2.45, 2.75) is 6.54 Å². The molecule has 0 aliphatic carbocycles. The van der Waals surface area contributed by atoms with Gasteiger partial charge in [-0.2, -0.15) is 0 Å². The summed E-state index contributed by atoms with van der Waals surface area (Å²) in [5.74, 6) is 0. The van der Waals surface area contributed by atoms with E-state index in [4.69, 9.17) is 0 Å². The molecule has 0 unspecified atom stereocenters. The smallest absolute Gasteiger partial charge is 0.0809 e. The molecule has 0 aliphatic heterocycles. The van der Waals surface area contributed by atoms with Crippen molar-refractivity contribution in [3.63, 3.8) is 0 Å². The minimum atomic E-state index is 0.780. The predicted molar refractivity (Wildman–Crippen MR) is 69.4 cm³/mol. The summed E-state index contributed by atoms with van der Waals surface area (Å²) < 4.78 is 2.21. The topological polar surface area (TPSA) is 24.9 Å². The standard InChI is InChI=1S/C11H11BrN2S/c1-8(12)5-13-6-9-4-11-10(14-7-9)2-3-15-11/h2-4,7,13H,1,5-6H2. The number of nitrogens with zero attached hydrogens (tertiary/aromatic N) is 1. The molecule has 0 atom stereocenters. The van der Waals surface area contributed by atoms with Crippen LogP contribution in [0.5, 0.6) is 0 Å². The molecule has 2 aromatic heterocycles. The molecule has 2 rings (SSSR count). The second kappa shape index (κ2) is 4.88. The van der Waals surface area contributed by atoms with Gasteiger partial charge in [0.2, 0.25) is 0 Å². The molecule has 0 amide bonds. The molecule has 0 aliphatic rings. The van der Waals surface area contributed by atoms with Crippen LogP contribution >= 0.6 is 27.3 Å². The Morgan fingerprint density at radius 3 is 3.27 bits per heavy atom. The third-order valence-corrected chi connectivity index (χ3v) is 3.14. The number of nitrogens with one attached hydrogen (secondary N) is 1. The Kier molecular flexibility index (Phi) is 3.51. The van der Waals surface area contributed by atoms with Gasteiger partial charge in [0.1, 0.15) is 0 Å². The highest BCUT2D eigenvalue weighted by Gasteiger charge is 1.98. The Labute approximate surface area is 101 Å². The number of thiophene rings is 1. The molecule has 2 heterocycles. The van der Waals surface area contributed by atoms with Gasteiger partial charge in [-0.05, 0) is 23.1 Å². The predicted octanol–water partition coefficient (Wildman–Crippen LogP) is 3.29. The minimum Gasteiger partial charge on any atom is -0.308 e. The fraction of sp³-hybridized carbons (Fsp3) is 0.182. The number of fused-ring (bicyclic) bond motifs is 1. The molecule has 15 heavy (non-hydrogen) atoms. The maximum absolute atomic E-state index is 4.38. The van der Waals surface area contributed by atoms with Crippen LogP contribution in [0.2, 0.25) is 0 Å². The lowest BCUT2D eigenvalue weighted by Crippen LogP contribution is -2.14. The zero-order valence-electron chi connectivity index (χ0n) is 8.16. The Balaban J connectivity index is 2.04. The van der Waals surface area contributed by atoms with Gasteiger partial charge >= 0.3 is 0 Å². The van der Waals surface area contributed by atoms with Gasteiger partial charge in [-0.25, -0.2) is 0 Å². The lowest BCUT2D eigenvalue weighted by atomic mass is 10.2. The van der Waals surface area contributed by atoms with Gasteiger partial charge in [0, 0.05) is 23.8 Å². The van der Waals surface area contributed by atoms with Crippen LogP contribution in [-0.4, -0.2) is 11.5 Å². The summed E-state index contributed by atoms with van der Waals surface area (Å²) >= 11 is 5.04. The van der Waals surface area contributed by atoms with Gasteiger partial charge in [0.05, 0.1) is 10.2 Å². The van der Waals surface area contributed by atoms with Crippen LogP contribution in [0.15, 0.2) is 34.8 Å². The van der Waals surface area contributed by atoms with Crippen LogP contribution < -0.4 is 5.32 Å². The Morgan fingerprint density at radius 2 is 2.47 bits per heavy atom. The van der Waals surface area contributed by atoms with Gasteiger partial charge in [0.15, 0.2) is 0 Å². The van der Waals surface area contributed by atoms with Crippen molar-refractivity contribution in [3.8, 4) is 0 Å². The molecule has 0 saturated carbocycles. The number of hydrogen-bond acceptors (Lipinski definition) is 3. The molecule has 2 aromatic rings. The average Bonchev–Trinajstić information content (AvgIpc) is 2.64. The van der Waals surface area contributed by atoms with Crippen LogP contribution in [-0.2, 0) is 6.54 Å². The highest BCUT2D eigenvalue weighted by molar-refractivity contribution is 9.11. The molecular weight excluding hydrogens is 272 g/mol. The summed E-state index contributed by atoms with van der Waals surface area (Å²) in [5.41, 5.74) is 2.28. The van der Waals surface area contributed by atoms with Crippen LogP contribution in [0.3, 0.4) is 0 Å². The van der Waals surface area contributed by atoms with Crippen molar-refractivity contribution in [1.29, 1.82) is 0 Å². The summed E-state index contributed by atoms with van der Waals surface area (Å²) in [6.07, 6.45) is 1.92. The molecule has 4 heteroatoms. The van der Waals surface area contributed by atoms with Crippen LogP contribution in [0, 0.1) is 0 Å². The first-order valence-corrected chi connectivity index (χ1v) is 6.29. The van der Waals surface area contributed by atoms with E-state index in [9.17, 15) is 0 Å². The second-order valence-electron chi connectivity index (χ2n) is 3.27. The highest BCUT2D eigenvalue weighted by Crippen LogP contribution is 2.19. The van der Waals surface area contributed by atoms with Gasteiger partial charge in [0.25, 0.3) is 0 Å². The first kappa shape index (κ1) is 10.8. The van der Waals surface area contributed by atoms with E-state index in [1.807, 2.05) is 12.3 Å². The van der Waals surface area contributed by atoms with Crippen LogP contribution in [0.25, 0.3) is 10.2 Å². The van der Waals surface area contributed by atoms with Gasteiger partial charge in [-0.1, -0.05) is 22.5 Å². The van der Waals surface area contributed by atoms with E-state index in [1.54, 1.807) is 11.3 Å². The summed E-state index contributed by atoms with van der Waals surface area (Å²) in [7, 11) is 0. The van der Waals surface area contributed by atoms with E-state index in [0.717, 1.165) is 23.1 Å². The molecule has 2 nitrogen and oxygen atoms in total. The number of hydrogen-bond donors (Lipinski definition) is 1. The normalized spacial score (nSPS) is 10.7. The third-order valence-electron chi connectivity index (χ3n) is 2.01. The second-order valence-corrected chi connectivity index (χ2v) is 5.34. The van der Waals surface area contributed by atoms with Crippen LogP contribution in [0.4, 0.5) is 0 Å². The zero-order valence-corrected chi connectivity index (χ0v) is 10.6. The molecule has 0 spiro atoms. The summed E-state index contributed by atoms with van der Waals surface area (Å²) in [4.78, 5) is 4.38. The maximum atomic E-state index is 4.38. The van der Waals surface area contributed by atoms with Crippen LogP contribution in [0.1, 0.15) is 5.56 Å². The molecule has 0 aromatic carbocycles. The minimum absolute atomic E-state index is 0.780. The molecule has 0 radical (unpaired) electrons. The lowest BCUT2D eigenvalue weighted by molar-refractivity contribution is 0.756. The number of rotatable bonds is 4. The number of aromatic nitrogens is 1. The van der Waals surface area contributed by atoms with Crippen molar-refractivity contribution in [2.75, 3.05) is 6.54 Å². The van der Waals surface area contributed by atoms with Crippen molar-refractivity contribution < 1.29 is 0 Å². The van der Waals surface area contributed by atoms with E-state index >= 15 is 0 Å². The lowest BCUT2D eigenvalue weighted by Gasteiger charge is -2.03. The van der Waals surface area contributed by atoms with Crippen molar-refractivity contribution in [3.05, 3.63) is 40.3 Å². The summed E-state index contributed by atoms with van der Waals surface area (Å²) in [6.45, 7) is 5.37. The molecule has 78 valence electrons. The highest BCUT2D eigenvalue weighted by atomic mass is 79.9. The van der Waals surface area contributed by atoms with E-state index in [2.05, 4.69) is 44.3 Å². The van der Waals surface area contributed by atoms with Crippen molar-refractivity contribution in [2.24, 2.45) is 0 Å². The summed E-state index contributed by atoms with van der Waals surface area (Å²) in [5, 5.41) is 5.34. The molecular formula is C11H11BrN2S. The molecule has 0 bridgehead atoms. The SMILES string of the molecule is C=C(Br)CNCc1cnc2ccsc2c1. The Morgan fingerprint density at radius 1 is 1.60 bits per heavy atom. The van der Waals surface area contributed by atoms with E-state index < -0.39 is 0 Å². The van der Waals surface area contributed by atoms with E-state index in [0.29, 0.717) is 0 Å². The summed E-state index contributed by atoms with van der Waals surface area (Å²) in [6, 6.07) is 4.22. The van der Waals surface area contributed by atoms with Crippen molar-refractivity contribution >= 4 is 37.5 Å². The van der Waals surface area contributed by atoms with E-state index in [-0.39, 0.29) is 0 Å². The fourth-order valence-corrected chi connectivity index (χ4v) is 2.33. The molecule has 0 saturated heterocycles. The first-order chi connectivity index (χ1) is 7.25. The molecule has 1 N–H and O–H groups in total. The largest absolute Gasteiger partial charge is 0.308 e. The average molecular weight is 283 g/mol. The number of halogens is 1. The maximum Gasteiger partial charge on any atom is 0.0809 e. The van der Waals surface area contributed by atoms with Gasteiger partial charge in [-0.15, -0.1) is 11.3 Å². The zero-order chi connectivity index (χ0) is 10.7. The molecule has 0 fully saturated rings. The fourth-order valence-electron chi connectivity index (χ4n) is 1.33. The number of pyridine rings is 1. The van der Waals surface area contributed by atoms with E-state index in [1.165, 1.54) is 10.3 Å². The Hall–Kier alpha value is -0.710. The monoisotopic (exact) mass is 282 g/mol. The Bertz CT molecular complexity index is 478. The van der Waals surface area contributed by atoms with Gasteiger partial charge in [-0.3, -0.25) is 4.98 Å². The van der Waals surface area contributed by atoms with Gasteiger partial charge < -0.3 is 5.32 Å². The third kappa shape index (κ3) is 2.87. The first-order valence-electron chi connectivity index (χ1n) is 4.62.